The van der Waals surface area contributed by atoms with Gasteiger partial charge in [-0.3, -0.25) is 4.79 Å². The fraction of sp³-hybridized carbons (Fsp3) is 0.333. The number of carbonyl (C=O) groups is 1. The van der Waals surface area contributed by atoms with Gasteiger partial charge in [0.2, 0.25) is 11.9 Å². The third-order valence-electron chi connectivity index (χ3n) is 5.75. The highest BCUT2D eigenvalue weighted by Gasteiger charge is 2.24. The summed E-state index contributed by atoms with van der Waals surface area (Å²) < 4.78 is 12.8. The average molecular weight is 447 g/mol. The standard InChI is InChI=1S/C24H26N6O3/c1-3-33-19-9-6-7-17-20(19)27-24(26-18-8-4-5-14-25-23(18)31)30-22(17)28-21(29-30)15-10-12-16(32-2)13-11-15/h6-7,9-13,18H,3-5,8,14H2,1-2H3,(H,25,31)(H,26,27)/t18-/m1/s1. The summed E-state index contributed by atoms with van der Waals surface area (Å²) in [5.74, 6) is 2.41. The van der Waals surface area contributed by atoms with Gasteiger partial charge >= 0.3 is 0 Å². The van der Waals surface area contributed by atoms with E-state index in [-0.39, 0.29) is 5.91 Å². The molecule has 170 valence electrons. The Balaban J connectivity index is 1.67. The molecule has 1 aliphatic heterocycles. The molecule has 3 heterocycles. The molecule has 1 atom stereocenters. The zero-order chi connectivity index (χ0) is 22.8. The summed E-state index contributed by atoms with van der Waals surface area (Å²) in [4.78, 5) is 22.3. The zero-order valence-electron chi connectivity index (χ0n) is 18.7. The minimum Gasteiger partial charge on any atom is -0.497 e. The van der Waals surface area contributed by atoms with Crippen molar-refractivity contribution >= 4 is 28.4 Å². The Hall–Kier alpha value is -3.88. The maximum Gasteiger partial charge on any atom is 0.242 e. The van der Waals surface area contributed by atoms with E-state index >= 15 is 0 Å². The first kappa shape index (κ1) is 21.0. The quantitative estimate of drug-likeness (QED) is 0.468. The number of methoxy groups -OCH3 is 1. The monoisotopic (exact) mass is 446 g/mol. The van der Waals surface area contributed by atoms with Crippen LogP contribution in [0.4, 0.5) is 5.95 Å². The summed E-state index contributed by atoms with van der Waals surface area (Å²) in [6.45, 7) is 3.14. The van der Waals surface area contributed by atoms with Crippen molar-refractivity contribution in [1.29, 1.82) is 0 Å². The molecule has 0 aliphatic carbocycles. The number of aromatic nitrogens is 4. The second kappa shape index (κ2) is 8.93. The van der Waals surface area contributed by atoms with Crippen LogP contribution in [0.2, 0.25) is 0 Å². The van der Waals surface area contributed by atoms with Gasteiger partial charge in [0.25, 0.3) is 0 Å². The van der Waals surface area contributed by atoms with E-state index < -0.39 is 6.04 Å². The largest absolute Gasteiger partial charge is 0.497 e. The van der Waals surface area contributed by atoms with Gasteiger partial charge in [-0.2, -0.15) is 4.52 Å². The van der Waals surface area contributed by atoms with Gasteiger partial charge in [0.1, 0.15) is 23.1 Å². The van der Waals surface area contributed by atoms with Crippen LogP contribution in [-0.2, 0) is 4.79 Å². The first-order chi connectivity index (χ1) is 16.2. The lowest BCUT2D eigenvalue weighted by atomic mass is 10.1. The molecule has 1 aliphatic rings. The van der Waals surface area contributed by atoms with Gasteiger partial charge in [0.15, 0.2) is 11.5 Å². The highest BCUT2D eigenvalue weighted by atomic mass is 16.5. The van der Waals surface area contributed by atoms with Gasteiger partial charge in [-0.05, 0) is 62.6 Å². The third-order valence-corrected chi connectivity index (χ3v) is 5.75. The maximum absolute atomic E-state index is 12.6. The first-order valence-corrected chi connectivity index (χ1v) is 11.2. The Bertz CT molecular complexity index is 1300. The van der Waals surface area contributed by atoms with E-state index in [1.165, 1.54) is 0 Å². The molecule has 2 N–H and O–H groups in total. The predicted octanol–water partition coefficient (Wildman–Crippen LogP) is 3.43. The number of hydrogen-bond donors (Lipinski definition) is 2. The summed E-state index contributed by atoms with van der Waals surface area (Å²) in [7, 11) is 1.63. The van der Waals surface area contributed by atoms with Gasteiger partial charge in [-0.15, -0.1) is 5.10 Å². The number of para-hydroxylation sites is 1. The topological polar surface area (TPSA) is 103 Å². The normalized spacial score (nSPS) is 16.4. The van der Waals surface area contributed by atoms with Crippen molar-refractivity contribution in [3.63, 3.8) is 0 Å². The SMILES string of the molecule is CCOc1cccc2c1nc(N[C@@H]1CCCCNC1=O)n1nc(-c3ccc(OC)cc3)nc21. The molecular weight excluding hydrogens is 420 g/mol. The number of amides is 1. The minimum absolute atomic E-state index is 0.0314. The molecular formula is C24H26N6O3. The van der Waals surface area contributed by atoms with Crippen molar-refractivity contribution in [2.75, 3.05) is 25.6 Å². The number of benzene rings is 2. The van der Waals surface area contributed by atoms with Gasteiger partial charge in [0.05, 0.1) is 13.7 Å². The van der Waals surface area contributed by atoms with Crippen LogP contribution in [0.3, 0.4) is 0 Å². The second-order valence-electron chi connectivity index (χ2n) is 7.90. The molecule has 5 rings (SSSR count). The van der Waals surface area contributed by atoms with E-state index in [1.807, 2.05) is 49.4 Å². The van der Waals surface area contributed by atoms with E-state index in [1.54, 1.807) is 11.6 Å². The van der Waals surface area contributed by atoms with Crippen LogP contribution < -0.4 is 20.1 Å². The fourth-order valence-electron chi connectivity index (χ4n) is 4.07. The van der Waals surface area contributed by atoms with Gasteiger partial charge in [-0.25, -0.2) is 9.97 Å². The highest BCUT2D eigenvalue weighted by Crippen LogP contribution is 2.30. The lowest BCUT2D eigenvalue weighted by Crippen LogP contribution is -2.38. The van der Waals surface area contributed by atoms with Crippen LogP contribution in [0.1, 0.15) is 26.2 Å². The molecule has 4 aromatic rings. The number of anilines is 1. The molecule has 0 bridgehead atoms. The molecule has 0 unspecified atom stereocenters. The molecule has 9 nitrogen and oxygen atoms in total. The van der Waals surface area contributed by atoms with Crippen molar-refractivity contribution in [1.82, 2.24) is 24.9 Å². The second-order valence-corrected chi connectivity index (χ2v) is 7.90. The molecule has 1 amide bonds. The Morgan fingerprint density at radius 3 is 2.79 bits per heavy atom. The number of rotatable bonds is 6. The minimum atomic E-state index is -0.395. The smallest absolute Gasteiger partial charge is 0.242 e. The number of hydrogen-bond acceptors (Lipinski definition) is 7. The maximum atomic E-state index is 12.6. The van der Waals surface area contributed by atoms with E-state index in [2.05, 4.69) is 10.6 Å². The average Bonchev–Trinajstić information content (AvgIpc) is 3.20. The van der Waals surface area contributed by atoms with Gasteiger partial charge in [-0.1, -0.05) is 6.07 Å². The summed E-state index contributed by atoms with van der Waals surface area (Å²) >= 11 is 0. The van der Waals surface area contributed by atoms with Gasteiger partial charge < -0.3 is 20.1 Å². The number of fused-ring (bicyclic) bond motifs is 3. The Kier molecular flexibility index (Phi) is 5.68. The number of nitrogens with zero attached hydrogens (tertiary/aromatic N) is 4. The van der Waals surface area contributed by atoms with Crippen LogP contribution in [0.15, 0.2) is 42.5 Å². The van der Waals surface area contributed by atoms with Crippen molar-refractivity contribution in [2.24, 2.45) is 0 Å². The Labute approximate surface area is 191 Å². The third kappa shape index (κ3) is 4.02. The van der Waals surface area contributed by atoms with Crippen molar-refractivity contribution < 1.29 is 14.3 Å². The van der Waals surface area contributed by atoms with Crippen LogP contribution in [-0.4, -0.2) is 51.8 Å². The molecule has 0 spiro atoms. The molecule has 1 fully saturated rings. The van der Waals surface area contributed by atoms with E-state index in [0.717, 1.165) is 36.0 Å². The number of carbonyl (C=O) groups excluding carboxylic acids is 1. The molecule has 0 radical (unpaired) electrons. The fourth-order valence-corrected chi connectivity index (χ4v) is 4.07. The van der Waals surface area contributed by atoms with E-state index in [0.29, 0.717) is 41.8 Å². The molecule has 2 aromatic carbocycles. The summed E-state index contributed by atoms with van der Waals surface area (Å²) in [5.41, 5.74) is 2.17. The zero-order valence-corrected chi connectivity index (χ0v) is 18.7. The van der Waals surface area contributed by atoms with Crippen molar-refractivity contribution in [3.05, 3.63) is 42.5 Å². The molecule has 33 heavy (non-hydrogen) atoms. The molecule has 0 saturated carbocycles. The van der Waals surface area contributed by atoms with Crippen LogP contribution in [0.25, 0.3) is 27.9 Å². The predicted molar refractivity (Wildman–Crippen MR) is 126 cm³/mol. The van der Waals surface area contributed by atoms with Crippen LogP contribution in [0.5, 0.6) is 11.5 Å². The van der Waals surface area contributed by atoms with E-state index in [4.69, 9.17) is 24.5 Å². The number of ether oxygens (including phenoxy) is 2. The van der Waals surface area contributed by atoms with Crippen molar-refractivity contribution in [3.8, 4) is 22.9 Å². The number of nitrogens with one attached hydrogen (secondary N) is 2. The summed E-state index contributed by atoms with van der Waals surface area (Å²) in [6.07, 6.45) is 2.63. The highest BCUT2D eigenvalue weighted by molar-refractivity contribution is 5.96. The van der Waals surface area contributed by atoms with Crippen molar-refractivity contribution in [2.45, 2.75) is 32.2 Å². The van der Waals surface area contributed by atoms with E-state index in [9.17, 15) is 4.79 Å². The molecule has 2 aromatic heterocycles. The van der Waals surface area contributed by atoms with Crippen LogP contribution >= 0.6 is 0 Å². The molecule has 9 heteroatoms. The molecule has 1 saturated heterocycles. The van der Waals surface area contributed by atoms with Crippen LogP contribution in [0, 0.1) is 0 Å². The summed E-state index contributed by atoms with van der Waals surface area (Å²) in [6, 6.07) is 12.9. The Morgan fingerprint density at radius 1 is 1.15 bits per heavy atom. The van der Waals surface area contributed by atoms with Gasteiger partial charge in [0, 0.05) is 17.5 Å². The lowest BCUT2D eigenvalue weighted by molar-refractivity contribution is -0.121. The lowest BCUT2D eigenvalue weighted by Gasteiger charge is -2.17. The Morgan fingerprint density at radius 2 is 2.00 bits per heavy atom. The first-order valence-electron chi connectivity index (χ1n) is 11.2. The summed E-state index contributed by atoms with van der Waals surface area (Å²) in [5, 5.41) is 11.9.